The van der Waals surface area contributed by atoms with Crippen molar-refractivity contribution in [2.45, 2.75) is 58.5 Å². The topological polar surface area (TPSA) is 79.8 Å². The summed E-state index contributed by atoms with van der Waals surface area (Å²) in [6.45, 7) is 8.70. The van der Waals surface area contributed by atoms with E-state index in [2.05, 4.69) is 30.9 Å². The van der Waals surface area contributed by atoms with Crippen LogP contribution in [0.25, 0.3) is 5.65 Å². The average molecular weight is 433 g/mol. The Kier molecular flexibility index (Phi) is 5.37. The summed E-state index contributed by atoms with van der Waals surface area (Å²) in [5, 5.41) is 4.86. The third-order valence-corrected chi connectivity index (χ3v) is 7.09. The summed E-state index contributed by atoms with van der Waals surface area (Å²) < 4.78 is 1.86. The van der Waals surface area contributed by atoms with Crippen LogP contribution in [0.1, 0.15) is 64.5 Å². The van der Waals surface area contributed by atoms with Crippen LogP contribution in [-0.2, 0) is 0 Å². The molecule has 168 valence electrons. The fourth-order valence-electron chi connectivity index (χ4n) is 5.10. The van der Waals surface area contributed by atoms with E-state index in [0.717, 1.165) is 84.7 Å². The number of aromatic nitrogens is 3. The van der Waals surface area contributed by atoms with Gasteiger partial charge in [-0.05, 0) is 63.6 Å². The van der Waals surface area contributed by atoms with E-state index in [4.69, 9.17) is 15.8 Å². The van der Waals surface area contributed by atoms with E-state index in [0.29, 0.717) is 0 Å². The molecule has 2 aliphatic heterocycles. The monoisotopic (exact) mass is 432 g/mol. The molecule has 7 heteroatoms. The van der Waals surface area contributed by atoms with Gasteiger partial charge in [0.25, 0.3) is 5.91 Å². The Morgan fingerprint density at radius 2 is 1.94 bits per heavy atom. The zero-order chi connectivity index (χ0) is 22.4. The number of likely N-dealkylation sites (tertiary alicyclic amines) is 1. The zero-order valence-corrected chi connectivity index (χ0v) is 19.2. The summed E-state index contributed by atoms with van der Waals surface area (Å²) in [6, 6.07) is 8.20. The lowest BCUT2D eigenvalue weighted by Gasteiger charge is -2.35. The first kappa shape index (κ1) is 20.9. The molecule has 32 heavy (non-hydrogen) atoms. The van der Waals surface area contributed by atoms with Crippen molar-refractivity contribution in [3.8, 4) is 0 Å². The molecular weight excluding hydrogens is 400 g/mol. The van der Waals surface area contributed by atoms with Crippen molar-refractivity contribution >= 4 is 17.4 Å². The highest BCUT2D eigenvalue weighted by atomic mass is 16.2. The van der Waals surface area contributed by atoms with Crippen molar-refractivity contribution in [2.75, 3.05) is 24.5 Å². The number of amides is 1. The first-order valence-electron chi connectivity index (χ1n) is 11.7. The van der Waals surface area contributed by atoms with E-state index in [1.165, 1.54) is 0 Å². The van der Waals surface area contributed by atoms with E-state index < -0.39 is 0 Å². The van der Waals surface area contributed by atoms with Crippen molar-refractivity contribution in [1.29, 1.82) is 0 Å². The molecule has 2 aromatic heterocycles. The summed E-state index contributed by atoms with van der Waals surface area (Å²) in [5.74, 6) is 1.09. The lowest BCUT2D eigenvalue weighted by molar-refractivity contribution is 0.0605. The number of hydrogen-bond acceptors (Lipinski definition) is 5. The fraction of sp³-hybridized carbons (Fsp3) is 0.480. The molecule has 0 spiro atoms. The van der Waals surface area contributed by atoms with Crippen LogP contribution < -0.4 is 10.6 Å². The van der Waals surface area contributed by atoms with Crippen molar-refractivity contribution in [1.82, 2.24) is 19.5 Å². The Balaban J connectivity index is 1.48. The number of carbonyl (C=O) groups excluding carboxylic acids is 1. The number of anilines is 1. The van der Waals surface area contributed by atoms with E-state index in [1.807, 2.05) is 34.7 Å². The average Bonchev–Trinajstić information content (AvgIpc) is 3.40. The lowest BCUT2D eigenvalue weighted by Crippen LogP contribution is -2.39. The highest BCUT2D eigenvalue weighted by Gasteiger charge is 2.32. The minimum atomic E-state index is -0.0261. The normalized spacial score (nSPS) is 21.5. The SMILES string of the molecule is Cc1cn2nc([C@@H]3CCCCN3C(=O)c3cccc(C)c3C)cc2nc1N1CC[C@H](N)C1. The maximum Gasteiger partial charge on any atom is 0.254 e. The standard InChI is InChI=1S/C25H32N6O/c1-16-7-6-8-20(18(16)3)25(32)30-11-5-4-9-22(30)21-13-23-27-24(17(2)14-31(23)28-21)29-12-10-19(26)15-29/h6-8,13-14,19,22H,4-5,9-12,15,26H2,1-3H3/t19-,22-/m0/s1. The van der Waals surface area contributed by atoms with Crippen molar-refractivity contribution in [3.63, 3.8) is 0 Å². The van der Waals surface area contributed by atoms with E-state index >= 15 is 0 Å². The molecule has 0 aliphatic carbocycles. The molecule has 0 unspecified atom stereocenters. The Morgan fingerprint density at radius 3 is 2.72 bits per heavy atom. The second-order valence-corrected chi connectivity index (χ2v) is 9.37. The number of piperidine rings is 1. The smallest absolute Gasteiger partial charge is 0.254 e. The molecule has 0 bridgehead atoms. The number of rotatable bonds is 3. The summed E-state index contributed by atoms with van der Waals surface area (Å²) in [6.07, 6.45) is 6.09. The van der Waals surface area contributed by atoms with Crippen molar-refractivity contribution < 1.29 is 4.79 Å². The van der Waals surface area contributed by atoms with Crippen LogP contribution in [0.5, 0.6) is 0 Å². The van der Waals surface area contributed by atoms with Crippen molar-refractivity contribution in [3.05, 3.63) is 58.4 Å². The second kappa shape index (κ2) is 8.20. The van der Waals surface area contributed by atoms with Crippen molar-refractivity contribution in [2.24, 2.45) is 5.73 Å². The summed E-state index contributed by atoms with van der Waals surface area (Å²) in [5.41, 5.74) is 11.9. The summed E-state index contributed by atoms with van der Waals surface area (Å²) in [4.78, 5) is 22.8. The molecule has 0 radical (unpaired) electrons. The molecule has 0 saturated carbocycles. The highest BCUT2D eigenvalue weighted by Crippen LogP contribution is 2.33. The number of fused-ring (bicyclic) bond motifs is 1. The zero-order valence-electron chi connectivity index (χ0n) is 19.2. The Bertz CT molecular complexity index is 1170. The molecule has 2 aliphatic rings. The third-order valence-electron chi connectivity index (χ3n) is 7.09. The number of benzene rings is 1. The number of nitrogens with zero attached hydrogens (tertiary/aromatic N) is 5. The molecule has 1 aromatic carbocycles. The minimum Gasteiger partial charge on any atom is -0.355 e. The first-order chi connectivity index (χ1) is 15.4. The molecule has 2 fully saturated rings. The molecule has 4 heterocycles. The molecule has 1 amide bonds. The maximum atomic E-state index is 13.5. The van der Waals surface area contributed by atoms with Gasteiger partial charge in [-0.2, -0.15) is 5.10 Å². The fourth-order valence-corrected chi connectivity index (χ4v) is 5.10. The van der Waals surface area contributed by atoms with Gasteiger partial charge in [0.1, 0.15) is 5.82 Å². The van der Waals surface area contributed by atoms with Gasteiger partial charge in [0.2, 0.25) is 0 Å². The number of nitrogens with two attached hydrogens (primary N) is 1. The van der Waals surface area contributed by atoms with Gasteiger partial charge < -0.3 is 15.5 Å². The van der Waals surface area contributed by atoms with Gasteiger partial charge in [-0.1, -0.05) is 12.1 Å². The van der Waals surface area contributed by atoms with Crippen LogP contribution in [0.4, 0.5) is 5.82 Å². The Labute approximate surface area is 189 Å². The van der Waals surface area contributed by atoms with Crippen LogP contribution in [0.2, 0.25) is 0 Å². The van der Waals surface area contributed by atoms with E-state index in [9.17, 15) is 4.79 Å². The van der Waals surface area contributed by atoms with Gasteiger partial charge >= 0.3 is 0 Å². The minimum absolute atomic E-state index is 0.0261. The molecular formula is C25H32N6O. The predicted molar refractivity (Wildman–Crippen MR) is 126 cm³/mol. The van der Waals surface area contributed by atoms with Crippen LogP contribution in [0.3, 0.4) is 0 Å². The van der Waals surface area contributed by atoms with E-state index in [-0.39, 0.29) is 18.0 Å². The lowest BCUT2D eigenvalue weighted by atomic mass is 9.96. The Hall–Kier alpha value is -2.93. The number of aryl methyl sites for hydroxylation is 2. The predicted octanol–water partition coefficient (Wildman–Crippen LogP) is 3.56. The van der Waals surface area contributed by atoms with Crippen LogP contribution in [0, 0.1) is 20.8 Å². The number of carbonyl (C=O) groups is 1. The molecule has 2 atom stereocenters. The van der Waals surface area contributed by atoms with E-state index in [1.54, 1.807) is 0 Å². The number of hydrogen-bond donors (Lipinski definition) is 1. The van der Waals surface area contributed by atoms with Gasteiger partial charge in [-0.15, -0.1) is 0 Å². The summed E-state index contributed by atoms with van der Waals surface area (Å²) >= 11 is 0. The van der Waals surface area contributed by atoms with Gasteiger partial charge in [0, 0.05) is 49.1 Å². The van der Waals surface area contributed by atoms with Crippen LogP contribution in [-0.4, -0.2) is 51.1 Å². The Morgan fingerprint density at radius 1 is 1.09 bits per heavy atom. The maximum absolute atomic E-state index is 13.5. The highest BCUT2D eigenvalue weighted by molar-refractivity contribution is 5.96. The molecule has 2 N–H and O–H groups in total. The molecule has 3 aromatic rings. The van der Waals surface area contributed by atoms with Crippen LogP contribution >= 0.6 is 0 Å². The molecule has 7 nitrogen and oxygen atoms in total. The summed E-state index contributed by atoms with van der Waals surface area (Å²) in [7, 11) is 0. The van der Waals surface area contributed by atoms with Gasteiger partial charge in [0.15, 0.2) is 5.65 Å². The molecule has 5 rings (SSSR count). The quantitative estimate of drug-likeness (QED) is 0.685. The third kappa shape index (κ3) is 3.64. The van der Waals surface area contributed by atoms with Gasteiger partial charge in [-0.3, -0.25) is 4.79 Å². The van der Waals surface area contributed by atoms with Gasteiger partial charge in [0.05, 0.1) is 11.7 Å². The first-order valence-corrected chi connectivity index (χ1v) is 11.7. The van der Waals surface area contributed by atoms with Gasteiger partial charge in [-0.25, -0.2) is 9.50 Å². The second-order valence-electron chi connectivity index (χ2n) is 9.37. The van der Waals surface area contributed by atoms with Crippen LogP contribution in [0.15, 0.2) is 30.5 Å². The molecule has 2 saturated heterocycles. The largest absolute Gasteiger partial charge is 0.355 e.